The molecule has 0 aliphatic heterocycles. The smallest absolute Gasteiger partial charge is 0.291 e. The van der Waals surface area contributed by atoms with Crippen LogP contribution in [0.25, 0.3) is 16.4 Å². The molecule has 1 N–H and O–H groups in total. The summed E-state index contributed by atoms with van der Waals surface area (Å²) >= 11 is 0. The van der Waals surface area contributed by atoms with E-state index < -0.39 is 5.56 Å². The first-order valence-electron chi connectivity index (χ1n) is 9.51. The number of nitrogens with one attached hydrogen (secondary N) is 1. The number of carbonyl (C=O) groups is 1. The van der Waals surface area contributed by atoms with Crippen LogP contribution in [0.3, 0.4) is 0 Å². The predicted molar refractivity (Wildman–Crippen MR) is 109 cm³/mol. The van der Waals surface area contributed by atoms with Crippen LogP contribution in [0, 0.1) is 5.82 Å². The Balaban J connectivity index is 1.45. The highest BCUT2D eigenvalue weighted by Crippen LogP contribution is 2.18. The van der Waals surface area contributed by atoms with Crippen molar-refractivity contribution in [2.75, 3.05) is 0 Å². The number of amides is 1. The molecule has 0 saturated heterocycles. The summed E-state index contributed by atoms with van der Waals surface area (Å²) in [6, 6.07) is 16.0. The number of hydrogen-bond donors (Lipinski definition) is 1. The molecular formula is C22H21FN4O2. The Kier molecular flexibility index (Phi) is 5.12. The van der Waals surface area contributed by atoms with Crippen molar-refractivity contribution < 1.29 is 9.18 Å². The van der Waals surface area contributed by atoms with E-state index in [1.54, 1.807) is 16.5 Å². The minimum atomic E-state index is -0.392. The molecule has 148 valence electrons. The molecule has 0 aliphatic carbocycles. The summed E-state index contributed by atoms with van der Waals surface area (Å²) in [4.78, 5) is 25.1. The van der Waals surface area contributed by atoms with Gasteiger partial charge in [-0.05, 0) is 49.6 Å². The van der Waals surface area contributed by atoms with Gasteiger partial charge in [0.25, 0.3) is 5.56 Å². The highest BCUT2D eigenvalue weighted by molar-refractivity contribution is 5.86. The Hall–Kier alpha value is -3.48. The maximum absolute atomic E-state index is 13.4. The molecule has 0 spiro atoms. The van der Waals surface area contributed by atoms with E-state index >= 15 is 0 Å². The first kappa shape index (κ1) is 18.9. The van der Waals surface area contributed by atoms with Gasteiger partial charge in [-0.3, -0.25) is 14.0 Å². The van der Waals surface area contributed by atoms with Crippen molar-refractivity contribution in [2.24, 2.45) is 0 Å². The van der Waals surface area contributed by atoms with E-state index in [4.69, 9.17) is 0 Å². The van der Waals surface area contributed by atoms with E-state index in [-0.39, 0.29) is 24.3 Å². The van der Waals surface area contributed by atoms with Gasteiger partial charge in [0.1, 0.15) is 24.2 Å². The molecule has 0 radical (unpaired) electrons. The number of fused-ring (bicyclic) bond motifs is 3. The van der Waals surface area contributed by atoms with Gasteiger partial charge in [-0.15, -0.1) is 0 Å². The van der Waals surface area contributed by atoms with Crippen molar-refractivity contribution >= 4 is 22.3 Å². The van der Waals surface area contributed by atoms with Crippen LogP contribution in [0.1, 0.15) is 18.9 Å². The van der Waals surface area contributed by atoms with E-state index in [2.05, 4.69) is 22.5 Å². The fraction of sp³-hybridized carbons (Fsp3) is 0.227. The maximum atomic E-state index is 13.4. The summed E-state index contributed by atoms with van der Waals surface area (Å²) in [5.41, 5.74) is 1.87. The van der Waals surface area contributed by atoms with Crippen molar-refractivity contribution in [1.29, 1.82) is 0 Å². The fourth-order valence-corrected chi connectivity index (χ4v) is 3.46. The van der Waals surface area contributed by atoms with Crippen LogP contribution in [0.5, 0.6) is 0 Å². The molecule has 4 aromatic rings. The van der Waals surface area contributed by atoms with Crippen LogP contribution in [0.4, 0.5) is 4.39 Å². The summed E-state index contributed by atoms with van der Waals surface area (Å²) in [5, 5.41) is 7.63. The van der Waals surface area contributed by atoms with Crippen molar-refractivity contribution in [3.63, 3.8) is 0 Å². The average Bonchev–Trinajstić information content (AvgIpc) is 3.07. The quantitative estimate of drug-likeness (QED) is 0.549. The molecule has 7 heteroatoms. The average molecular weight is 392 g/mol. The number of rotatable bonds is 6. The predicted octanol–water partition coefficient (Wildman–Crippen LogP) is 2.93. The van der Waals surface area contributed by atoms with Crippen LogP contribution >= 0.6 is 0 Å². The van der Waals surface area contributed by atoms with Gasteiger partial charge >= 0.3 is 0 Å². The standard InChI is InChI=1S/C22H21FN4O2/c1-15(7-8-16-5-3-2-4-6-16)25-21(28)13-27-22(29)20-12-17-11-18(23)9-10-19(17)26(20)14-24-27/h2-6,9-12,14-15H,7-8,13H2,1H3,(H,25,28)/t15-/m0/s1. The maximum Gasteiger partial charge on any atom is 0.291 e. The second-order valence-corrected chi connectivity index (χ2v) is 7.19. The minimum absolute atomic E-state index is 0.0268. The molecule has 0 bridgehead atoms. The second-order valence-electron chi connectivity index (χ2n) is 7.19. The molecule has 6 nitrogen and oxygen atoms in total. The van der Waals surface area contributed by atoms with Crippen LogP contribution in [0.15, 0.2) is 65.7 Å². The Morgan fingerprint density at radius 1 is 1.14 bits per heavy atom. The molecule has 29 heavy (non-hydrogen) atoms. The molecule has 2 aromatic carbocycles. The zero-order valence-electron chi connectivity index (χ0n) is 16.0. The van der Waals surface area contributed by atoms with Gasteiger partial charge in [0.05, 0.1) is 5.52 Å². The van der Waals surface area contributed by atoms with Gasteiger partial charge in [0, 0.05) is 11.4 Å². The van der Waals surface area contributed by atoms with Crippen molar-refractivity contribution in [2.45, 2.75) is 32.4 Å². The lowest BCUT2D eigenvalue weighted by Gasteiger charge is -2.14. The topological polar surface area (TPSA) is 68.4 Å². The van der Waals surface area contributed by atoms with Crippen LogP contribution in [-0.4, -0.2) is 26.1 Å². The molecule has 1 amide bonds. The molecule has 4 rings (SSSR count). The summed E-state index contributed by atoms with van der Waals surface area (Å²) < 4.78 is 16.2. The lowest BCUT2D eigenvalue weighted by molar-refractivity contribution is -0.122. The van der Waals surface area contributed by atoms with E-state index in [0.717, 1.165) is 17.5 Å². The van der Waals surface area contributed by atoms with Gasteiger partial charge in [0.15, 0.2) is 0 Å². The third-order valence-electron chi connectivity index (χ3n) is 4.97. The third kappa shape index (κ3) is 4.03. The third-order valence-corrected chi connectivity index (χ3v) is 4.97. The van der Waals surface area contributed by atoms with Crippen molar-refractivity contribution in [3.8, 4) is 0 Å². The Labute approximate surface area is 166 Å². The number of carbonyl (C=O) groups excluding carboxylic acids is 1. The number of aromatic nitrogens is 3. The first-order chi connectivity index (χ1) is 14.0. The van der Waals surface area contributed by atoms with Gasteiger partial charge in [-0.25, -0.2) is 9.07 Å². The molecule has 0 fully saturated rings. The first-order valence-corrected chi connectivity index (χ1v) is 9.51. The number of aryl methyl sites for hydroxylation is 1. The largest absolute Gasteiger partial charge is 0.352 e. The number of nitrogens with zero attached hydrogens (tertiary/aromatic N) is 3. The van der Waals surface area contributed by atoms with Crippen molar-refractivity contribution in [3.05, 3.63) is 82.7 Å². The van der Waals surface area contributed by atoms with Gasteiger partial charge < -0.3 is 5.32 Å². The molecule has 2 aromatic heterocycles. The monoisotopic (exact) mass is 392 g/mol. The van der Waals surface area contributed by atoms with Crippen LogP contribution < -0.4 is 10.9 Å². The Bertz CT molecular complexity index is 1230. The molecule has 0 unspecified atom stereocenters. The Morgan fingerprint density at radius 2 is 1.93 bits per heavy atom. The summed E-state index contributed by atoms with van der Waals surface area (Å²) in [7, 11) is 0. The zero-order chi connectivity index (χ0) is 20.4. The lowest BCUT2D eigenvalue weighted by Crippen LogP contribution is -2.38. The van der Waals surface area contributed by atoms with Crippen LogP contribution in [-0.2, 0) is 17.8 Å². The van der Waals surface area contributed by atoms with Crippen LogP contribution in [0.2, 0.25) is 0 Å². The van der Waals surface area contributed by atoms with Gasteiger partial charge in [-0.1, -0.05) is 30.3 Å². The minimum Gasteiger partial charge on any atom is -0.352 e. The summed E-state index contributed by atoms with van der Waals surface area (Å²) in [6.45, 7) is 1.77. The molecular weight excluding hydrogens is 371 g/mol. The normalized spacial score (nSPS) is 12.3. The van der Waals surface area contributed by atoms with Gasteiger partial charge in [0.2, 0.25) is 5.91 Å². The van der Waals surface area contributed by atoms with E-state index in [1.165, 1.54) is 24.0 Å². The zero-order valence-corrected chi connectivity index (χ0v) is 16.0. The highest BCUT2D eigenvalue weighted by atomic mass is 19.1. The van der Waals surface area contributed by atoms with E-state index in [0.29, 0.717) is 16.4 Å². The highest BCUT2D eigenvalue weighted by Gasteiger charge is 2.13. The molecule has 2 heterocycles. The number of benzene rings is 2. The van der Waals surface area contributed by atoms with Gasteiger partial charge in [-0.2, -0.15) is 5.10 Å². The fourth-order valence-electron chi connectivity index (χ4n) is 3.46. The number of hydrogen-bond acceptors (Lipinski definition) is 3. The molecule has 0 aliphatic rings. The van der Waals surface area contributed by atoms with E-state index in [9.17, 15) is 14.0 Å². The van der Waals surface area contributed by atoms with Crippen molar-refractivity contribution in [1.82, 2.24) is 19.5 Å². The Morgan fingerprint density at radius 3 is 2.72 bits per heavy atom. The van der Waals surface area contributed by atoms with E-state index in [1.807, 2.05) is 25.1 Å². The molecule has 1 atom stereocenters. The lowest BCUT2D eigenvalue weighted by atomic mass is 10.1. The summed E-state index contributed by atoms with van der Waals surface area (Å²) in [6.07, 6.45) is 3.13. The number of halogens is 1. The second kappa shape index (κ2) is 7.87. The summed E-state index contributed by atoms with van der Waals surface area (Å²) in [5.74, 6) is -0.641. The molecule has 0 saturated carbocycles. The SMILES string of the molecule is C[C@@H](CCc1ccccc1)NC(=O)Cn1ncn2c(cc3cc(F)ccc32)c1=O.